The number of nitrogens with two attached hydrogens (primary N) is 1. The zero-order valence-electron chi connectivity index (χ0n) is 22.0. The molecule has 11 heteroatoms. The standard InChI is InChI=1S/C27H33FN4O6/c1-27(2,3)38-26(34)32-9-7-19(8-10-32)35-11-12-36-20-5-6-22(21(28)15-20)37-23-14-17(25(29)33)13-18-16-30-31(4)24(18)23/h5-6,13-16,19H,7-12H2,1-4H3,(H2,29,33). The van der Waals surface area contributed by atoms with E-state index in [1.807, 2.05) is 20.8 Å². The van der Waals surface area contributed by atoms with Crippen molar-refractivity contribution >= 4 is 22.9 Å². The van der Waals surface area contributed by atoms with Crippen LogP contribution in [0.1, 0.15) is 44.0 Å². The van der Waals surface area contributed by atoms with Crippen LogP contribution in [0, 0.1) is 5.82 Å². The van der Waals surface area contributed by atoms with Crippen LogP contribution in [-0.4, -0.2) is 64.7 Å². The van der Waals surface area contributed by atoms with Crippen LogP contribution in [0.3, 0.4) is 0 Å². The molecule has 38 heavy (non-hydrogen) atoms. The maximum absolute atomic E-state index is 14.8. The van der Waals surface area contributed by atoms with Crippen molar-refractivity contribution in [3.05, 3.63) is 47.9 Å². The zero-order valence-corrected chi connectivity index (χ0v) is 22.0. The molecule has 204 valence electrons. The van der Waals surface area contributed by atoms with Crippen LogP contribution in [0.4, 0.5) is 9.18 Å². The fourth-order valence-corrected chi connectivity index (χ4v) is 4.18. The van der Waals surface area contributed by atoms with Gasteiger partial charge >= 0.3 is 6.09 Å². The number of hydrogen-bond donors (Lipinski definition) is 1. The molecule has 3 aromatic rings. The predicted molar refractivity (Wildman–Crippen MR) is 138 cm³/mol. The normalized spacial score (nSPS) is 14.5. The Bertz CT molecular complexity index is 1310. The first-order valence-electron chi connectivity index (χ1n) is 12.5. The number of benzene rings is 2. The second kappa shape index (κ2) is 11.3. The van der Waals surface area contributed by atoms with Crippen LogP contribution in [0.15, 0.2) is 36.5 Å². The van der Waals surface area contributed by atoms with Crippen molar-refractivity contribution < 1.29 is 32.9 Å². The molecule has 1 aliphatic rings. The molecule has 1 aromatic heterocycles. The van der Waals surface area contributed by atoms with Gasteiger partial charge in [-0.25, -0.2) is 9.18 Å². The molecule has 0 spiro atoms. The molecule has 1 saturated heterocycles. The Morgan fingerprint density at radius 1 is 1.11 bits per heavy atom. The maximum atomic E-state index is 14.8. The lowest BCUT2D eigenvalue weighted by molar-refractivity contribution is -0.0177. The molecular weight excluding hydrogens is 495 g/mol. The third-order valence-corrected chi connectivity index (χ3v) is 6.01. The fourth-order valence-electron chi connectivity index (χ4n) is 4.18. The molecule has 4 rings (SSSR count). The summed E-state index contributed by atoms with van der Waals surface area (Å²) >= 11 is 0. The Morgan fingerprint density at radius 2 is 1.84 bits per heavy atom. The average Bonchev–Trinajstić information content (AvgIpc) is 3.23. The van der Waals surface area contributed by atoms with Gasteiger partial charge in [0.1, 0.15) is 23.5 Å². The van der Waals surface area contributed by atoms with E-state index >= 15 is 0 Å². The van der Waals surface area contributed by atoms with Gasteiger partial charge in [0, 0.05) is 37.2 Å². The van der Waals surface area contributed by atoms with Crippen molar-refractivity contribution in [2.75, 3.05) is 26.3 Å². The number of aromatic nitrogens is 2. The number of fused-ring (bicyclic) bond motifs is 1. The first-order chi connectivity index (χ1) is 18.0. The van der Waals surface area contributed by atoms with Gasteiger partial charge in [-0.05, 0) is 57.9 Å². The topological polar surface area (TPSA) is 118 Å². The highest BCUT2D eigenvalue weighted by Crippen LogP contribution is 2.33. The number of hydrogen-bond acceptors (Lipinski definition) is 7. The molecular formula is C27H33FN4O6. The van der Waals surface area contributed by atoms with Crippen molar-refractivity contribution in [2.45, 2.75) is 45.3 Å². The third kappa shape index (κ3) is 6.71. The summed E-state index contributed by atoms with van der Waals surface area (Å²) in [6.45, 7) is 7.24. The van der Waals surface area contributed by atoms with Crippen molar-refractivity contribution in [1.82, 2.24) is 14.7 Å². The monoisotopic (exact) mass is 528 g/mol. The molecule has 0 unspecified atom stereocenters. The quantitative estimate of drug-likeness (QED) is 0.431. The lowest BCUT2D eigenvalue weighted by Gasteiger charge is -2.33. The summed E-state index contributed by atoms with van der Waals surface area (Å²) in [6.07, 6.45) is 2.71. The van der Waals surface area contributed by atoms with Crippen LogP contribution in [0.25, 0.3) is 10.9 Å². The van der Waals surface area contributed by atoms with Gasteiger partial charge in [0.2, 0.25) is 5.91 Å². The maximum Gasteiger partial charge on any atom is 0.410 e. The Balaban J connectivity index is 1.27. The molecule has 1 aliphatic heterocycles. The van der Waals surface area contributed by atoms with E-state index in [-0.39, 0.29) is 35.9 Å². The molecule has 2 heterocycles. The lowest BCUT2D eigenvalue weighted by atomic mass is 10.1. The molecule has 1 fully saturated rings. The molecule has 0 bridgehead atoms. The smallest absolute Gasteiger partial charge is 0.410 e. The largest absolute Gasteiger partial charge is 0.491 e. The molecule has 2 N–H and O–H groups in total. The number of halogens is 1. The van der Waals surface area contributed by atoms with E-state index in [0.29, 0.717) is 49.2 Å². The Kier molecular flexibility index (Phi) is 8.05. The van der Waals surface area contributed by atoms with Crippen LogP contribution in [0.5, 0.6) is 17.2 Å². The highest BCUT2D eigenvalue weighted by atomic mass is 19.1. The lowest BCUT2D eigenvalue weighted by Crippen LogP contribution is -2.43. The molecule has 2 aromatic carbocycles. The van der Waals surface area contributed by atoms with Crippen molar-refractivity contribution in [3.8, 4) is 17.2 Å². The first kappa shape index (κ1) is 27.2. The van der Waals surface area contributed by atoms with Crippen molar-refractivity contribution in [3.63, 3.8) is 0 Å². The zero-order chi connectivity index (χ0) is 27.4. The van der Waals surface area contributed by atoms with Gasteiger partial charge in [0.05, 0.1) is 18.9 Å². The Hall–Kier alpha value is -3.86. The van der Waals surface area contributed by atoms with Crippen molar-refractivity contribution in [2.24, 2.45) is 12.8 Å². The van der Waals surface area contributed by atoms with E-state index in [1.54, 1.807) is 35.0 Å². The number of carbonyl (C=O) groups is 2. The van der Waals surface area contributed by atoms with Crippen LogP contribution >= 0.6 is 0 Å². The number of carbonyl (C=O) groups excluding carboxylic acids is 2. The second-order valence-corrected chi connectivity index (χ2v) is 10.1. The second-order valence-electron chi connectivity index (χ2n) is 10.1. The summed E-state index contributed by atoms with van der Waals surface area (Å²) in [5, 5.41) is 4.82. The van der Waals surface area contributed by atoms with Gasteiger partial charge in [-0.2, -0.15) is 5.10 Å². The average molecular weight is 529 g/mol. The van der Waals surface area contributed by atoms with E-state index in [0.717, 1.165) is 0 Å². The van der Waals surface area contributed by atoms with E-state index in [4.69, 9.17) is 24.7 Å². The number of piperidine rings is 1. The van der Waals surface area contributed by atoms with Crippen LogP contribution in [-0.2, 0) is 16.5 Å². The predicted octanol–water partition coefficient (Wildman–Crippen LogP) is 4.40. The molecule has 0 aliphatic carbocycles. The minimum Gasteiger partial charge on any atom is -0.491 e. The van der Waals surface area contributed by atoms with Gasteiger partial charge in [-0.15, -0.1) is 0 Å². The molecule has 0 atom stereocenters. The van der Waals surface area contributed by atoms with Gasteiger partial charge in [-0.3, -0.25) is 9.48 Å². The summed E-state index contributed by atoms with van der Waals surface area (Å²) in [5.41, 5.74) is 5.74. The number of amides is 2. The van der Waals surface area contributed by atoms with E-state index in [2.05, 4.69) is 5.10 Å². The SMILES string of the molecule is Cn1ncc2cc(C(N)=O)cc(Oc3ccc(OCCOC4CCN(C(=O)OC(C)(C)C)CC4)cc3F)c21. The van der Waals surface area contributed by atoms with E-state index in [9.17, 15) is 14.0 Å². The number of aryl methyl sites for hydroxylation is 1. The number of rotatable bonds is 8. The highest BCUT2D eigenvalue weighted by Gasteiger charge is 2.27. The summed E-state index contributed by atoms with van der Waals surface area (Å²) in [7, 11) is 1.72. The number of likely N-dealkylation sites (tertiary alicyclic amines) is 1. The van der Waals surface area contributed by atoms with Crippen molar-refractivity contribution in [1.29, 1.82) is 0 Å². The van der Waals surface area contributed by atoms with Gasteiger partial charge < -0.3 is 29.6 Å². The minimum absolute atomic E-state index is 0.0183. The summed E-state index contributed by atoms with van der Waals surface area (Å²) in [5.74, 6) is -0.697. The number of ether oxygens (including phenoxy) is 4. The Morgan fingerprint density at radius 3 is 2.50 bits per heavy atom. The fraction of sp³-hybridized carbons (Fsp3) is 0.444. The Labute approximate surface area is 220 Å². The number of nitrogens with zero attached hydrogens (tertiary/aromatic N) is 3. The van der Waals surface area contributed by atoms with Crippen LogP contribution < -0.4 is 15.2 Å². The third-order valence-electron chi connectivity index (χ3n) is 6.01. The van der Waals surface area contributed by atoms with Gasteiger partial charge in [0.15, 0.2) is 17.3 Å². The van der Waals surface area contributed by atoms with E-state index in [1.165, 1.54) is 18.2 Å². The molecule has 10 nitrogen and oxygen atoms in total. The van der Waals surface area contributed by atoms with Gasteiger partial charge in [-0.1, -0.05) is 0 Å². The molecule has 2 amide bonds. The highest BCUT2D eigenvalue weighted by molar-refractivity contribution is 5.99. The summed E-state index contributed by atoms with van der Waals surface area (Å²) in [4.78, 5) is 25.6. The summed E-state index contributed by atoms with van der Waals surface area (Å²) < 4.78 is 39.1. The minimum atomic E-state index is -0.627. The number of primary amides is 1. The first-order valence-corrected chi connectivity index (χ1v) is 12.5. The van der Waals surface area contributed by atoms with Crippen LogP contribution in [0.2, 0.25) is 0 Å². The van der Waals surface area contributed by atoms with Gasteiger partial charge in [0.25, 0.3) is 0 Å². The van der Waals surface area contributed by atoms with E-state index < -0.39 is 17.3 Å². The molecule has 0 radical (unpaired) electrons. The molecule has 0 saturated carbocycles. The summed E-state index contributed by atoms with van der Waals surface area (Å²) in [6, 6.07) is 7.35.